The Bertz CT molecular complexity index is 136. The van der Waals surface area contributed by atoms with E-state index in [-0.39, 0.29) is 0 Å². The fourth-order valence-electron chi connectivity index (χ4n) is 0.327. The molecule has 0 aromatic carbocycles. The molecule has 0 saturated carbocycles. The van der Waals surface area contributed by atoms with E-state index in [0.717, 1.165) is 0 Å². The molecule has 0 heterocycles. The number of nitrogens with two attached hydrogens (primary N) is 1. The van der Waals surface area contributed by atoms with Crippen LogP contribution in [-0.2, 0) is 4.79 Å². The zero-order valence-corrected chi connectivity index (χ0v) is 6.60. The monoisotopic (exact) mass is 161 g/mol. The molecule has 0 fully saturated rings. The molecular formula is C6H11NO2S. The summed E-state index contributed by atoms with van der Waals surface area (Å²) in [6.45, 7) is 1.87. The molecule has 0 aliphatic rings. The van der Waals surface area contributed by atoms with Gasteiger partial charge in [-0.1, -0.05) is 6.08 Å². The van der Waals surface area contributed by atoms with Crippen molar-refractivity contribution >= 4 is 17.7 Å². The highest BCUT2D eigenvalue weighted by Crippen LogP contribution is 2.02. The van der Waals surface area contributed by atoms with Crippen molar-refractivity contribution in [3.8, 4) is 0 Å². The minimum atomic E-state index is -0.947. The largest absolute Gasteiger partial charge is 0.480 e. The summed E-state index contributed by atoms with van der Waals surface area (Å²) >= 11 is 1.40. The predicted molar refractivity (Wildman–Crippen MR) is 42.9 cm³/mol. The highest BCUT2D eigenvalue weighted by atomic mass is 32.2. The Morgan fingerprint density at radius 1 is 1.90 bits per heavy atom. The number of hydrogen-bond acceptors (Lipinski definition) is 3. The molecule has 3 N–H and O–H groups in total. The van der Waals surface area contributed by atoms with E-state index in [9.17, 15) is 4.79 Å². The average Bonchev–Trinajstić information content (AvgIpc) is 1.88. The van der Waals surface area contributed by atoms with E-state index in [0.29, 0.717) is 5.75 Å². The van der Waals surface area contributed by atoms with Crippen LogP contribution in [0.5, 0.6) is 0 Å². The Balaban J connectivity index is 3.39. The molecule has 3 nitrogen and oxygen atoms in total. The Labute approximate surface area is 64.3 Å². The lowest BCUT2D eigenvalue weighted by atomic mass is 10.4. The van der Waals surface area contributed by atoms with Crippen molar-refractivity contribution in [3.63, 3.8) is 0 Å². The molecule has 0 radical (unpaired) electrons. The van der Waals surface area contributed by atoms with Gasteiger partial charge in [0.2, 0.25) is 0 Å². The molecule has 0 spiro atoms. The number of aliphatic carboxylic acids is 1. The van der Waals surface area contributed by atoms with Crippen molar-refractivity contribution in [2.75, 3.05) is 5.75 Å². The molecule has 0 saturated heterocycles. The average molecular weight is 161 g/mol. The maximum absolute atomic E-state index is 10.1. The van der Waals surface area contributed by atoms with Gasteiger partial charge in [-0.25, -0.2) is 0 Å². The van der Waals surface area contributed by atoms with Crippen molar-refractivity contribution in [2.24, 2.45) is 5.73 Å². The number of thioether (sulfide) groups is 1. The van der Waals surface area contributed by atoms with Crippen LogP contribution < -0.4 is 5.73 Å². The van der Waals surface area contributed by atoms with Gasteiger partial charge in [0.1, 0.15) is 6.04 Å². The third-order valence-electron chi connectivity index (χ3n) is 0.825. The van der Waals surface area contributed by atoms with Crippen LogP contribution in [0.15, 0.2) is 11.5 Å². The molecule has 0 aromatic rings. The minimum absolute atomic E-state index is 0.430. The summed E-state index contributed by atoms with van der Waals surface area (Å²) in [5.74, 6) is -0.517. The van der Waals surface area contributed by atoms with Crippen LogP contribution in [-0.4, -0.2) is 22.9 Å². The SMILES string of the molecule is C/C=C\SCC(N)C(=O)O. The lowest BCUT2D eigenvalue weighted by Crippen LogP contribution is -2.32. The van der Waals surface area contributed by atoms with Gasteiger partial charge in [0, 0.05) is 5.75 Å². The smallest absolute Gasteiger partial charge is 0.321 e. The zero-order chi connectivity index (χ0) is 7.98. The second-order valence-corrected chi connectivity index (χ2v) is 2.69. The summed E-state index contributed by atoms with van der Waals surface area (Å²) in [5.41, 5.74) is 5.20. The Morgan fingerprint density at radius 3 is 2.90 bits per heavy atom. The highest BCUT2D eigenvalue weighted by molar-refractivity contribution is 8.02. The maximum atomic E-state index is 10.1. The highest BCUT2D eigenvalue weighted by Gasteiger charge is 2.08. The predicted octanol–water partition coefficient (Wildman–Crippen LogP) is 0.665. The first-order valence-corrected chi connectivity index (χ1v) is 3.94. The quantitative estimate of drug-likeness (QED) is 0.636. The summed E-state index contributed by atoms with van der Waals surface area (Å²) in [7, 11) is 0. The van der Waals surface area contributed by atoms with E-state index in [2.05, 4.69) is 0 Å². The van der Waals surface area contributed by atoms with E-state index in [1.807, 2.05) is 18.4 Å². The number of carboxylic acid groups (broad SMARTS) is 1. The first-order valence-electron chi connectivity index (χ1n) is 2.89. The van der Waals surface area contributed by atoms with Crippen LogP contribution in [0.1, 0.15) is 6.92 Å². The van der Waals surface area contributed by atoms with E-state index >= 15 is 0 Å². The number of rotatable bonds is 4. The van der Waals surface area contributed by atoms with Crippen LogP contribution in [0.3, 0.4) is 0 Å². The Morgan fingerprint density at radius 2 is 2.50 bits per heavy atom. The number of carboxylic acids is 1. The van der Waals surface area contributed by atoms with Crippen molar-refractivity contribution in [1.82, 2.24) is 0 Å². The molecule has 0 rings (SSSR count). The van der Waals surface area contributed by atoms with Gasteiger partial charge in [0.25, 0.3) is 0 Å². The summed E-state index contributed by atoms with van der Waals surface area (Å²) < 4.78 is 0. The Kier molecular flexibility index (Phi) is 5.06. The van der Waals surface area contributed by atoms with Crippen LogP contribution in [0.25, 0.3) is 0 Å². The van der Waals surface area contributed by atoms with E-state index in [4.69, 9.17) is 10.8 Å². The van der Waals surface area contributed by atoms with Gasteiger partial charge >= 0.3 is 5.97 Å². The molecule has 1 atom stereocenters. The summed E-state index contributed by atoms with van der Waals surface area (Å²) in [4.78, 5) is 10.1. The van der Waals surface area contributed by atoms with Gasteiger partial charge in [-0.3, -0.25) is 4.79 Å². The number of hydrogen-bond donors (Lipinski definition) is 2. The maximum Gasteiger partial charge on any atom is 0.321 e. The van der Waals surface area contributed by atoms with Crippen molar-refractivity contribution < 1.29 is 9.90 Å². The normalized spacial score (nSPS) is 13.8. The molecule has 4 heteroatoms. The lowest BCUT2D eigenvalue weighted by molar-refractivity contribution is -0.137. The molecule has 58 valence electrons. The van der Waals surface area contributed by atoms with Gasteiger partial charge in [0.15, 0.2) is 0 Å². The van der Waals surface area contributed by atoms with Gasteiger partial charge in [-0.05, 0) is 12.3 Å². The van der Waals surface area contributed by atoms with Gasteiger partial charge in [0.05, 0.1) is 0 Å². The molecule has 0 amide bonds. The number of carbonyl (C=O) groups is 1. The summed E-state index contributed by atoms with van der Waals surface area (Å²) in [6.07, 6.45) is 1.85. The zero-order valence-electron chi connectivity index (χ0n) is 5.78. The van der Waals surface area contributed by atoms with Gasteiger partial charge in [-0.2, -0.15) is 0 Å². The van der Waals surface area contributed by atoms with Crippen molar-refractivity contribution in [3.05, 3.63) is 11.5 Å². The fraction of sp³-hybridized carbons (Fsp3) is 0.500. The van der Waals surface area contributed by atoms with E-state index in [1.54, 1.807) is 0 Å². The molecule has 1 unspecified atom stereocenters. The molecule has 0 aliphatic heterocycles. The summed E-state index contributed by atoms with van der Waals surface area (Å²) in [5, 5.41) is 10.1. The van der Waals surface area contributed by atoms with Crippen molar-refractivity contribution in [2.45, 2.75) is 13.0 Å². The Hall–Kier alpha value is -0.480. The second kappa shape index (κ2) is 5.32. The molecule has 0 aliphatic carbocycles. The van der Waals surface area contributed by atoms with Crippen LogP contribution >= 0.6 is 11.8 Å². The first kappa shape index (κ1) is 9.52. The lowest BCUT2D eigenvalue weighted by Gasteiger charge is -2.01. The molecule has 0 bridgehead atoms. The topological polar surface area (TPSA) is 63.3 Å². The number of allylic oxidation sites excluding steroid dienone is 1. The van der Waals surface area contributed by atoms with Crippen molar-refractivity contribution in [1.29, 1.82) is 0 Å². The van der Waals surface area contributed by atoms with Gasteiger partial charge in [-0.15, -0.1) is 11.8 Å². The first-order chi connectivity index (χ1) is 4.68. The fourth-order valence-corrected chi connectivity index (χ4v) is 0.980. The van der Waals surface area contributed by atoms with Crippen LogP contribution in [0, 0.1) is 0 Å². The third-order valence-corrected chi connectivity index (χ3v) is 1.84. The van der Waals surface area contributed by atoms with Crippen LogP contribution in [0.4, 0.5) is 0 Å². The standard InChI is InChI=1S/C6H11NO2S/c1-2-3-10-4-5(7)6(8)9/h2-3,5H,4,7H2,1H3,(H,8,9)/b3-2-. The van der Waals surface area contributed by atoms with Crippen LogP contribution in [0.2, 0.25) is 0 Å². The molecule has 10 heavy (non-hydrogen) atoms. The molecular weight excluding hydrogens is 150 g/mol. The molecule has 0 aromatic heterocycles. The summed E-state index contributed by atoms with van der Waals surface area (Å²) in [6, 6.07) is -0.749. The van der Waals surface area contributed by atoms with E-state index < -0.39 is 12.0 Å². The third kappa shape index (κ3) is 4.40. The van der Waals surface area contributed by atoms with E-state index in [1.165, 1.54) is 11.8 Å². The van der Waals surface area contributed by atoms with Gasteiger partial charge < -0.3 is 10.8 Å². The minimum Gasteiger partial charge on any atom is -0.480 e. The second-order valence-electron chi connectivity index (χ2n) is 1.75.